The maximum atomic E-state index is 5.19. The van der Waals surface area contributed by atoms with Gasteiger partial charge in [0, 0.05) is 11.7 Å². The van der Waals surface area contributed by atoms with E-state index in [1.165, 1.54) is 24.1 Å². The van der Waals surface area contributed by atoms with E-state index in [4.69, 9.17) is 4.74 Å². The molecule has 0 aliphatic heterocycles. The predicted molar refractivity (Wildman–Crippen MR) is 63.5 cm³/mol. The maximum absolute atomic E-state index is 5.19. The average Bonchev–Trinajstić information content (AvgIpc) is 3.04. The first-order chi connectivity index (χ1) is 7.20. The zero-order chi connectivity index (χ0) is 10.8. The van der Waals surface area contributed by atoms with Crippen LogP contribution in [0.1, 0.15) is 25.3 Å². The molecule has 0 amide bonds. The molecule has 1 aliphatic carbocycles. The minimum atomic E-state index is 0.595. The fraction of sp³-hybridized carbons (Fsp3) is 0.538. The van der Waals surface area contributed by atoms with Gasteiger partial charge in [-0.2, -0.15) is 0 Å². The second kappa shape index (κ2) is 4.13. The van der Waals surface area contributed by atoms with E-state index in [2.05, 4.69) is 31.3 Å². The van der Waals surface area contributed by atoms with Gasteiger partial charge in [-0.05, 0) is 56.4 Å². The molecule has 1 fully saturated rings. The first kappa shape index (κ1) is 10.3. The molecule has 2 heteroatoms. The van der Waals surface area contributed by atoms with Crippen molar-refractivity contribution in [2.75, 3.05) is 12.4 Å². The summed E-state index contributed by atoms with van der Waals surface area (Å²) < 4.78 is 5.19. The van der Waals surface area contributed by atoms with E-state index in [1.807, 2.05) is 6.07 Å². The van der Waals surface area contributed by atoms with Crippen molar-refractivity contribution < 1.29 is 4.74 Å². The quantitative estimate of drug-likeness (QED) is 0.815. The summed E-state index contributed by atoms with van der Waals surface area (Å²) in [5.74, 6) is 1.81. The first-order valence-electron chi connectivity index (χ1n) is 5.62. The van der Waals surface area contributed by atoms with Crippen LogP contribution in [0.2, 0.25) is 0 Å². The summed E-state index contributed by atoms with van der Waals surface area (Å²) in [6, 6.07) is 6.78. The number of benzene rings is 1. The number of anilines is 1. The van der Waals surface area contributed by atoms with Crippen molar-refractivity contribution in [3.8, 4) is 5.75 Å². The summed E-state index contributed by atoms with van der Waals surface area (Å²) in [6.07, 6.45) is 2.76. The Kier molecular flexibility index (Phi) is 2.85. The molecule has 2 rings (SSSR count). The Morgan fingerprint density at radius 1 is 1.40 bits per heavy atom. The number of hydrogen-bond acceptors (Lipinski definition) is 2. The monoisotopic (exact) mass is 205 g/mol. The van der Waals surface area contributed by atoms with E-state index in [-0.39, 0.29) is 0 Å². The van der Waals surface area contributed by atoms with Crippen LogP contribution in [0.3, 0.4) is 0 Å². The van der Waals surface area contributed by atoms with Gasteiger partial charge in [-0.15, -0.1) is 0 Å². The van der Waals surface area contributed by atoms with Crippen LogP contribution in [0, 0.1) is 12.8 Å². The highest BCUT2D eigenvalue weighted by atomic mass is 16.5. The fourth-order valence-electron chi connectivity index (χ4n) is 1.88. The van der Waals surface area contributed by atoms with Gasteiger partial charge in [-0.1, -0.05) is 0 Å². The zero-order valence-electron chi connectivity index (χ0n) is 9.71. The van der Waals surface area contributed by atoms with Crippen molar-refractivity contribution in [3.05, 3.63) is 23.8 Å². The van der Waals surface area contributed by atoms with E-state index >= 15 is 0 Å². The fourth-order valence-corrected chi connectivity index (χ4v) is 1.88. The molecule has 0 bridgehead atoms. The van der Waals surface area contributed by atoms with E-state index in [1.54, 1.807) is 7.11 Å². The van der Waals surface area contributed by atoms with Gasteiger partial charge in [0.05, 0.1) is 7.11 Å². The topological polar surface area (TPSA) is 21.3 Å². The van der Waals surface area contributed by atoms with Crippen LogP contribution in [0.25, 0.3) is 0 Å². The Morgan fingerprint density at radius 3 is 2.67 bits per heavy atom. The normalized spacial score (nSPS) is 17.3. The van der Waals surface area contributed by atoms with Crippen LogP contribution in [0.4, 0.5) is 5.69 Å². The summed E-state index contributed by atoms with van der Waals surface area (Å²) >= 11 is 0. The van der Waals surface area contributed by atoms with Crippen LogP contribution in [-0.4, -0.2) is 13.2 Å². The molecule has 15 heavy (non-hydrogen) atoms. The van der Waals surface area contributed by atoms with E-state index in [0.717, 1.165) is 11.7 Å². The third-order valence-corrected chi connectivity index (χ3v) is 3.15. The molecular formula is C13H19NO. The van der Waals surface area contributed by atoms with Crippen molar-refractivity contribution >= 4 is 5.69 Å². The van der Waals surface area contributed by atoms with Crippen LogP contribution in [0.5, 0.6) is 5.75 Å². The summed E-state index contributed by atoms with van der Waals surface area (Å²) in [6.45, 7) is 4.38. The highest BCUT2D eigenvalue weighted by molar-refractivity contribution is 5.54. The lowest BCUT2D eigenvalue weighted by Gasteiger charge is -2.16. The molecule has 0 radical (unpaired) electrons. The summed E-state index contributed by atoms with van der Waals surface area (Å²) in [5.41, 5.74) is 2.48. The molecule has 0 heterocycles. The number of methoxy groups -OCH3 is 1. The minimum Gasteiger partial charge on any atom is -0.497 e. The van der Waals surface area contributed by atoms with Crippen LogP contribution >= 0.6 is 0 Å². The number of nitrogens with one attached hydrogen (secondary N) is 1. The molecule has 82 valence electrons. The lowest BCUT2D eigenvalue weighted by atomic mass is 10.1. The number of rotatable bonds is 4. The smallest absolute Gasteiger partial charge is 0.119 e. The molecule has 1 aliphatic rings. The summed E-state index contributed by atoms with van der Waals surface area (Å²) in [5, 5.41) is 3.57. The van der Waals surface area contributed by atoms with Gasteiger partial charge in [0.2, 0.25) is 0 Å². The molecule has 0 unspecified atom stereocenters. The van der Waals surface area contributed by atoms with Gasteiger partial charge >= 0.3 is 0 Å². The van der Waals surface area contributed by atoms with E-state index in [0.29, 0.717) is 6.04 Å². The average molecular weight is 205 g/mol. The van der Waals surface area contributed by atoms with Crippen LogP contribution in [-0.2, 0) is 0 Å². The molecular weight excluding hydrogens is 186 g/mol. The molecule has 1 N–H and O–H groups in total. The highest BCUT2D eigenvalue weighted by Crippen LogP contribution is 2.34. The van der Waals surface area contributed by atoms with Gasteiger partial charge in [0.1, 0.15) is 5.75 Å². The van der Waals surface area contributed by atoms with Crippen molar-refractivity contribution in [2.24, 2.45) is 5.92 Å². The summed E-state index contributed by atoms with van der Waals surface area (Å²) in [7, 11) is 1.70. The summed E-state index contributed by atoms with van der Waals surface area (Å²) in [4.78, 5) is 0. The maximum Gasteiger partial charge on any atom is 0.119 e. The van der Waals surface area contributed by atoms with Crippen molar-refractivity contribution in [1.82, 2.24) is 0 Å². The Labute approximate surface area is 91.6 Å². The van der Waals surface area contributed by atoms with Crippen molar-refractivity contribution in [2.45, 2.75) is 32.7 Å². The van der Waals surface area contributed by atoms with Crippen molar-refractivity contribution in [3.63, 3.8) is 0 Å². The number of hydrogen-bond donors (Lipinski definition) is 1. The van der Waals surface area contributed by atoms with Gasteiger partial charge in [-0.25, -0.2) is 0 Å². The largest absolute Gasteiger partial charge is 0.497 e. The third-order valence-electron chi connectivity index (χ3n) is 3.15. The Hall–Kier alpha value is -1.18. The Balaban J connectivity index is 2.07. The molecule has 1 aromatic rings. The number of ether oxygens (including phenoxy) is 1. The molecule has 1 aromatic carbocycles. The molecule has 1 saturated carbocycles. The zero-order valence-corrected chi connectivity index (χ0v) is 9.71. The first-order valence-corrected chi connectivity index (χ1v) is 5.62. The second-order valence-corrected chi connectivity index (χ2v) is 4.45. The minimum absolute atomic E-state index is 0.595. The lowest BCUT2D eigenvalue weighted by molar-refractivity contribution is 0.414. The molecule has 0 saturated heterocycles. The van der Waals surface area contributed by atoms with Crippen LogP contribution < -0.4 is 10.1 Å². The predicted octanol–water partition coefficient (Wildman–Crippen LogP) is 3.21. The Bertz CT molecular complexity index is 344. The Morgan fingerprint density at radius 2 is 2.13 bits per heavy atom. The molecule has 0 spiro atoms. The van der Waals surface area contributed by atoms with Crippen molar-refractivity contribution in [1.29, 1.82) is 0 Å². The van der Waals surface area contributed by atoms with Gasteiger partial charge < -0.3 is 10.1 Å². The van der Waals surface area contributed by atoms with Gasteiger partial charge in [0.15, 0.2) is 0 Å². The number of aryl methyl sites for hydroxylation is 1. The second-order valence-electron chi connectivity index (χ2n) is 4.45. The van der Waals surface area contributed by atoms with E-state index < -0.39 is 0 Å². The third kappa shape index (κ3) is 2.44. The highest BCUT2D eigenvalue weighted by Gasteiger charge is 2.27. The molecule has 2 nitrogen and oxygen atoms in total. The van der Waals surface area contributed by atoms with Gasteiger partial charge in [0.25, 0.3) is 0 Å². The molecule has 1 atom stereocenters. The van der Waals surface area contributed by atoms with Crippen LogP contribution in [0.15, 0.2) is 18.2 Å². The standard InChI is InChI=1S/C13H19NO/c1-9-8-12(15-3)6-7-13(9)14-10(2)11-4-5-11/h6-8,10-11,14H,4-5H2,1-3H3/t10-/m0/s1. The molecule has 0 aromatic heterocycles. The lowest BCUT2D eigenvalue weighted by Crippen LogP contribution is -2.17. The van der Waals surface area contributed by atoms with E-state index in [9.17, 15) is 0 Å². The SMILES string of the molecule is COc1ccc(N[C@@H](C)C2CC2)c(C)c1. The van der Waals surface area contributed by atoms with Gasteiger partial charge in [-0.3, -0.25) is 0 Å².